The predicted molar refractivity (Wildman–Crippen MR) is 71.3 cm³/mol. The zero-order valence-corrected chi connectivity index (χ0v) is 11.5. The summed E-state index contributed by atoms with van der Waals surface area (Å²) in [5, 5.41) is 11.3. The normalized spacial score (nSPS) is 14.5. The quantitative estimate of drug-likeness (QED) is 0.923. The molecule has 1 N–H and O–H groups in total. The molecule has 0 aliphatic rings. The average molecular weight is 265 g/mol. The minimum absolute atomic E-state index is 0.334. The van der Waals surface area contributed by atoms with Crippen molar-refractivity contribution < 1.29 is 9.50 Å². The van der Waals surface area contributed by atoms with Crippen molar-refractivity contribution in [2.24, 2.45) is 0 Å². The molecule has 0 aliphatic heterocycles. The van der Waals surface area contributed by atoms with E-state index in [2.05, 4.69) is 4.98 Å². The van der Waals surface area contributed by atoms with Crippen LogP contribution >= 0.6 is 11.3 Å². The van der Waals surface area contributed by atoms with Crippen LogP contribution in [0, 0.1) is 19.7 Å². The van der Waals surface area contributed by atoms with Gasteiger partial charge in [-0.05, 0) is 38.5 Å². The van der Waals surface area contributed by atoms with Gasteiger partial charge in [-0.2, -0.15) is 0 Å². The van der Waals surface area contributed by atoms with Gasteiger partial charge in [0.1, 0.15) is 5.82 Å². The van der Waals surface area contributed by atoms with Crippen molar-refractivity contribution in [3.8, 4) is 0 Å². The first-order valence-electron chi connectivity index (χ1n) is 5.80. The van der Waals surface area contributed by atoms with Crippen molar-refractivity contribution in [1.29, 1.82) is 0 Å². The Balaban J connectivity index is 2.26. The lowest BCUT2D eigenvalue weighted by atomic mass is 9.93. The molecule has 1 aromatic heterocycles. The van der Waals surface area contributed by atoms with Crippen LogP contribution in [-0.2, 0) is 12.0 Å². The highest BCUT2D eigenvalue weighted by molar-refractivity contribution is 7.11. The molecule has 1 aromatic carbocycles. The van der Waals surface area contributed by atoms with Crippen LogP contribution < -0.4 is 0 Å². The van der Waals surface area contributed by atoms with Gasteiger partial charge in [0.05, 0.1) is 16.3 Å². The smallest absolute Gasteiger partial charge is 0.123 e. The Hall–Kier alpha value is -1.26. The van der Waals surface area contributed by atoms with Gasteiger partial charge < -0.3 is 5.11 Å². The molecule has 0 fully saturated rings. The van der Waals surface area contributed by atoms with E-state index in [0.29, 0.717) is 12.0 Å². The summed E-state index contributed by atoms with van der Waals surface area (Å²) in [6, 6.07) is 6.08. The minimum atomic E-state index is -1.10. The first-order valence-corrected chi connectivity index (χ1v) is 6.61. The summed E-state index contributed by atoms with van der Waals surface area (Å²) in [4.78, 5) is 5.56. The van der Waals surface area contributed by atoms with Crippen LogP contribution in [0.25, 0.3) is 0 Å². The molecule has 0 amide bonds. The summed E-state index contributed by atoms with van der Waals surface area (Å²) in [6.45, 7) is 5.65. The van der Waals surface area contributed by atoms with Crippen molar-refractivity contribution in [1.82, 2.24) is 4.98 Å². The second-order valence-electron chi connectivity index (χ2n) is 4.71. The van der Waals surface area contributed by atoms with E-state index in [-0.39, 0.29) is 5.82 Å². The lowest BCUT2D eigenvalue weighted by Gasteiger charge is -2.22. The number of aliphatic hydroxyl groups is 1. The molecule has 0 spiro atoms. The minimum Gasteiger partial charge on any atom is -0.385 e. The number of thiazole rings is 1. The molecule has 2 aromatic rings. The molecule has 0 saturated carbocycles. The van der Waals surface area contributed by atoms with E-state index in [1.807, 2.05) is 13.8 Å². The van der Waals surface area contributed by atoms with Crippen LogP contribution in [0.4, 0.5) is 4.39 Å². The molecular weight excluding hydrogens is 249 g/mol. The van der Waals surface area contributed by atoms with Gasteiger partial charge in [0, 0.05) is 11.3 Å². The standard InChI is InChI=1S/C14H16FNOS/c1-9-10(2)18-13(16-9)8-14(3,17)11-5-4-6-12(15)7-11/h4-7,17H,8H2,1-3H3. The summed E-state index contributed by atoms with van der Waals surface area (Å²) in [6.07, 6.45) is 0.399. The molecule has 1 heterocycles. The van der Waals surface area contributed by atoms with Gasteiger partial charge in [0.2, 0.25) is 0 Å². The van der Waals surface area contributed by atoms with Gasteiger partial charge in [-0.3, -0.25) is 0 Å². The fraction of sp³-hybridized carbons (Fsp3) is 0.357. The maximum absolute atomic E-state index is 13.2. The SMILES string of the molecule is Cc1nc(CC(C)(O)c2cccc(F)c2)sc1C. The van der Waals surface area contributed by atoms with Crippen LogP contribution in [0.3, 0.4) is 0 Å². The van der Waals surface area contributed by atoms with Crippen molar-refractivity contribution in [3.05, 3.63) is 51.2 Å². The van der Waals surface area contributed by atoms with Crippen molar-refractivity contribution in [2.45, 2.75) is 32.8 Å². The molecular formula is C14H16FNOS. The Labute approximate surface area is 110 Å². The third-order valence-electron chi connectivity index (χ3n) is 3.01. The third-order valence-corrected chi connectivity index (χ3v) is 4.09. The molecule has 1 atom stereocenters. The molecule has 4 heteroatoms. The first kappa shape index (κ1) is 13.2. The number of benzene rings is 1. The summed E-state index contributed by atoms with van der Waals surface area (Å²) in [5.74, 6) is -0.334. The fourth-order valence-corrected chi connectivity index (χ4v) is 2.92. The topological polar surface area (TPSA) is 33.1 Å². The maximum atomic E-state index is 13.2. The molecule has 0 aliphatic carbocycles. The van der Waals surface area contributed by atoms with E-state index in [4.69, 9.17) is 0 Å². The van der Waals surface area contributed by atoms with Gasteiger partial charge in [0.15, 0.2) is 0 Å². The highest BCUT2D eigenvalue weighted by Crippen LogP contribution is 2.28. The van der Waals surface area contributed by atoms with Crippen LogP contribution in [0.1, 0.15) is 28.1 Å². The molecule has 96 valence electrons. The molecule has 18 heavy (non-hydrogen) atoms. The summed E-state index contributed by atoms with van der Waals surface area (Å²) in [7, 11) is 0. The Kier molecular flexibility index (Phi) is 3.50. The Morgan fingerprint density at radius 3 is 2.67 bits per heavy atom. The third kappa shape index (κ3) is 2.76. The van der Waals surface area contributed by atoms with Crippen molar-refractivity contribution in [2.75, 3.05) is 0 Å². The summed E-state index contributed by atoms with van der Waals surface area (Å²) >= 11 is 1.58. The van der Waals surface area contributed by atoms with Crippen molar-refractivity contribution >= 4 is 11.3 Å². The summed E-state index contributed by atoms with van der Waals surface area (Å²) < 4.78 is 13.2. The Bertz CT molecular complexity index is 543. The van der Waals surface area contributed by atoms with E-state index in [0.717, 1.165) is 15.6 Å². The molecule has 0 saturated heterocycles. The second-order valence-corrected chi connectivity index (χ2v) is 6.00. The van der Waals surface area contributed by atoms with Gasteiger partial charge in [-0.1, -0.05) is 12.1 Å². The van der Waals surface area contributed by atoms with Crippen LogP contribution in [-0.4, -0.2) is 10.1 Å². The highest BCUT2D eigenvalue weighted by atomic mass is 32.1. The maximum Gasteiger partial charge on any atom is 0.123 e. The van der Waals surface area contributed by atoms with Gasteiger partial charge in [-0.15, -0.1) is 11.3 Å². The zero-order chi connectivity index (χ0) is 13.3. The number of aromatic nitrogens is 1. The zero-order valence-electron chi connectivity index (χ0n) is 10.7. The Morgan fingerprint density at radius 1 is 1.39 bits per heavy atom. The number of hydrogen-bond acceptors (Lipinski definition) is 3. The lowest BCUT2D eigenvalue weighted by Crippen LogP contribution is -2.24. The average Bonchev–Trinajstić information content (AvgIpc) is 2.57. The molecule has 0 radical (unpaired) electrons. The number of nitrogens with zero attached hydrogens (tertiary/aromatic N) is 1. The molecule has 2 nitrogen and oxygen atoms in total. The van der Waals surface area contributed by atoms with Gasteiger partial charge in [0.25, 0.3) is 0 Å². The second kappa shape index (κ2) is 4.78. The molecule has 1 unspecified atom stereocenters. The van der Waals surface area contributed by atoms with E-state index < -0.39 is 5.60 Å². The largest absolute Gasteiger partial charge is 0.385 e. The fourth-order valence-electron chi connectivity index (χ4n) is 1.83. The van der Waals surface area contributed by atoms with Crippen LogP contribution in [0.2, 0.25) is 0 Å². The van der Waals surface area contributed by atoms with E-state index in [1.54, 1.807) is 30.4 Å². The monoisotopic (exact) mass is 265 g/mol. The van der Waals surface area contributed by atoms with Gasteiger partial charge in [-0.25, -0.2) is 9.37 Å². The number of hydrogen-bond donors (Lipinski definition) is 1. The van der Waals surface area contributed by atoms with Gasteiger partial charge >= 0.3 is 0 Å². The van der Waals surface area contributed by atoms with Crippen LogP contribution in [0.15, 0.2) is 24.3 Å². The van der Waals surface area contributed by atoms with Crippen molar-refractivity contribution in [3.63, 3.8) is 0 Å². The van der Waals surface area contributed by atoms with Crippen LogP contribution in [0.5, 0.6) is 0 Å². The molecule has 0 bridgehead atoms. The molecule has 2 rings (SSSR count). The van der Waals surface area contributed by atoms with E-state index in [1.165, 1.54) is 12.1 Å². The first-order chi connectivity index (χ1) is 8.38. The Morgan fingerprint density at radius 2 is 2.11 bits per heavy atom. The number of aryl methyl sites for hydroxylation is 2. The number of halogens is 1. The summed E-state index contributed by atoms with van der Waals surface area (Å²) in [5.41, 5.74) is 0.469. The number of rotatable bonds is 3. The van der Waals surface area contributed by atoms with E-state index >= 15 is 0 Å². The predicted octanol–water partition coefficient (Wildman–Crippen LogP) is 3.35. The lowest BCUT2D eigenvalue weighted by molar-refractivity contribution is 0.0572. The van der Waals surface area contributed by atoms with E-state index in [9.17, 15) is 9.50 Å². The highest BCUT2D eigenvalue weighted by Gasteiger charge is 2.25.